The van der Waals surface area contributed by atoms with Crippen LogP contribution in [0.15, 0.2) is 11.6 Å². The molecule has 1 N–H and O–H groups in total. The first-order valence-corrected chi connectivity index (χ1v) is 7.76. The fourth-order valence-electron chi connectivity index (χ4n) is 3.05. The average Bonchev–Trinajstić information content (AvgIpc) is 2.90. The summed E-state index contributed by atoms with van der Waals surface area (Å²) < 4.78 is 0. The highest BCUT2D eigenvalue weighted by molar-refractivity contribution is 7.09. The molecule has 19 heavy (non-hydrogen) atoms. The van der Waals surface area contributed by atoms with Crippen molar-refractivity contribution in [1.29, 1.82) is 5.26 Å². The van der Waals surface area contributed by atoms with Gasteiger partial charge >= 0.3 is 0 Å². The number of hydrogen-bond acceptors (Lipinski definition) is 4. The van der Waals surface area contributed by atoms with Crippen molar-refractivity contribution in [2.24, 2.45) is 16.7 Å². The zero-order chi connectivity index (χ0) is 14.1. The molecule has 1 aromatic heterocycles. The molecule has 1 fully saturated rings. The minimum absolute atomic E-state index is 0.285. The lowest BCUT2D eigenvalue weighted by atomic mass is 9.63. The van der Waals surface area contributed by atoms with Crippen molar-refractivity contribution in [3.05, 3.63) is 16.6 Å². The lowest BCUT2D eigenvalue weighted by Crippen LogP contribution is -2.35. The molecule has 0 bridgehead atoms. The molecule has 1 heterocycles. The monoisotopic (exact) mass is 278 g/mol. The highest BCUT2D eigenvalue weighted by Crippen LogP contribution is 2.50. The van der Waals surface area contributed by atoms with Crippen molar-refractivity contribution in [2.75, 3.05) is 0 Å². The standard InChI is InChI=1S/C15H22N2OS/c1-14(2,3)11-4-6-15(10-16,7-5-11)12(18)13-17-8-9-19-13/h8-9,11-12,18H,4-7H2,1-3H3. The van der Waals surface area contributed by atoms with Gasteiger partial charge in [0.05, 0.1) is 11.5 Å². The molecular formula is C15H22N2OS. The van der Waals surface area contributed by atoms with Crippen LogP contribution in [-0.2, 0) is 0 Å². The van der Waals surface area contributed by atoms with Crippen LogP contribution in [0.5, 0.6) is 0 Å². The van der Waals surface area contributed by atoms with Crippen molar-refractivity contribution >= 4 is 11.3 Å². The summed E-state index contributed by atoms with van der Waals surface area (Å²) >= 11 is 1.43. The fraction of sp³-hybridized carbons (Fsp3) is 0.733. The minimum Gasteiger partial charge on any atom is -0.384 e. The SMILES string of the molecule is CC(C)(C)C1CCC(C#N)(C(O)c2nccs2)CC1. The maximum Gasteiger partial charge on any atom is 0.124 e. The topological polar surface area (TPSA) is 56.9 Å². The van der Waals surface area contributed by atoms with E-state index in [4.69, 9.17) is 0 Å². The number of thiazole rings is 1. The second kappa shape index (κ2) is 5.22. The Morgan fingerprint density at radius 2 is 2.11 bits per heavy atom. The molecular weight excluding hydrogens is 256 g/mol. The Balaban J connectivity index is 2.13. The summed E-state index contributed by atoms with van der Waals surface area (Å²) in [7, 11) is 0. The zero-order valence-electron chi connectivity index (χ0n) is 11.9. The van der Waals surface area contributed by atoms with Gasteiger partial charge in [-0.2, -0.15) is 5.26 Å². The van der Waals surface area contributed by atoms with Crippen LogP contribution in [0, 0.1) is 28.1 Å². The number of aliphatic hydroxyl groups is 1. The molecule has 0 radical (unpaired) electrons. The first kappa shape index (κ1) is 14.5. The maximum absolute atomic E-state index is 10.5. The predicted molar refractivity (Wildman–Crippen MR) is 76.5 cm³/mol. The van der Waals surface area contributed by atoms with Crippen LogP contribution in [0.25, 0.3) is 0 Å². The molecule has 104 valence electrons. The molecule has 0 aromatic carbocycles. The number of aliphatic hydroxyl groups excluding tert-OH is 1. The second-order valence-electron chi connectivity index (χ2n) is 6.68. The van der Waals surface area contributed by atoms with E-state index in [9.17, 15) is 10.4 Å². The summed E-state index contributed by atoms with van der Waals surface area (Å²) in [5.41, 5.74) is -0.354. The first-order chi connectivity index (χ1) is 8.89. The van der Waals surface area contributed by atoms with Gasteiger partial charge in [0.2, 0.25) is 0 Å². The quantitative estimate of drug-likeness (QED) is 0.892. The Morgan fingerprint density at radius 3 is 2.53 bits per heavy atom. The van der Waals surface area contributed by atoms with Crippen LogP contribution in [0.3, 0.4) is 0 Å². The number of nitrogens with zero attached hydrogens (tertiary/aromatic N) is 2. The fourth-order valence-corrected chi connectivity index (χ4v) is 3.79. The summed E-state index contributed by atoms with van der Waals surface area (Å²) in [5, 5.41) is 22.6. The zero-order valence-corrected chi connectivity index (χ0v) is 12.7. The van der Waals surface area contributed by atoms with E-state index in [0.29, 0.717) is 10.9 Å². The molecule has 1 aliphatic rings. The van der Waals surface area contributed by atoms with E-state index in [2.05, 4.69) is 31.8 Å². The van der Waals surface area contributed by atoms with Gasteiger partial charge in [0.1, 0.15) is 11.1 Å². The van der Waals surface area contributed by atoms with E-state index < -0.39 is 11.5 Å². The highest BCUT2D eigenvalue weighted by atomic mass is 32.1. The Kier molecular flexibility index (Phi) is 3.98. The van der Waals surface area contributed by atoms with Gasteiger partial charge in [-0.15, -0.1) is 11.3 Å². The van der Waals surface area contributed by atoms with E-state index in [1.54, 1.807) is 6.20 Å². The Morgan fingerprint density at radius 1 is 1.47 bits per heavy atom. The maximum atomic E-state index is 10.5. The van der Waals surface area contributed by atoms with Crippen LogP contribution in [0.4, 0.5) is 0 Å². The van der Waals surface area contributed by atoms with Gasteiger partial charge in [-0.3, -0.25) is 0 Å². The van der Waals surface area contributed by atoms with E-state index in [0.717, 1.165) is 25.7 Å². The molecule has 0 aliphatic heterocycles. The molecule has 0 amide bonds. The second-order valence-corrected chi connectivity index (χ2v) is 7.61. The Bertz CT molecular complexity index is 447. The number of nitriles is 1. The van der Waals surface area contributed by atoms with Gasteiger partial charge in [0, 0.05) is 11.6 Å². The lowest BCUT2D eigenvalue weighted by molar-refractivity contribution is 0.00830. The van der Waals surface area contributed by atoms with Gasteiger partial charge in [-0.05, 0) is 37.0 Å². The Labute approximate surface area is 119 Å². The molecule has 1 aromatic rings. The summed E-state index contributed by atoms with van der Waals surface area (Å²) in [6, 6.07) is 2.39. The van der Waals surface area contributed by atoms with Crippen LogP contribution in [0.1, 0.15) is 57.6 Å². The molecule has 0 spiro atoms. The van der Waals surface area contributed by atoms with Crippen molar-refractivity contribution < 1.29 is 5.11 Å². The van der Waals surface area contributed by atoms with Crippen LogP contribution in [-0.4, -0.2) is 10.1 Å². The normalized spacial score (nSPS) is 29.7. The third-order valence-electron chi connectivity index (χ3n) is 4.53. The van der Waals surface area contributed by atoms with Crippen molar-refractivity contribution in [3.8, 4) is 6.07 Å². The van der Waals surface area contributed by atoms with Crippen LogP contribution >= 0.6 is 11.3 Å². The largest absolute Gasteiger partial charge is 0.384 e. The third-order valence-corrected chi connectivity index (χ3v) is 5.36. The van der Waals surface area contributed by atoms with Crippen molar-refractivity contribution in [1.82, 2.24) is 4.98 Å². The molecule has 0 saturated heterocycles. The van der Waals surface area contributed by atoms with E-state index in [1.807, 2.05) is 5.38 Å². The van der Waals surface area contributed by atoms with Gasteiger partial charge < -0.3 is 5.11 Å². The molecule has 4 heteroatoms. The number of aromatic nitrogens is 1. The van der Waals surface area contributed by atoms with Crippen LogP contribution in [0.2, 0.25) is 0 Å². The molecule has 2 rings (SSSR count). The molecule has 1 aliphatic carbocycles. The van der Waals surface area contributed by atoms with E-state index >= 15 is 0 Å². The van der Waals surface area contributed by atoms with Crippen LogP contribution < -0.4 is 0 Å². The predicted octanol–water partition coefficient (Wildman–Crippen LogP) is 3.92. The van der Waals surface area contributed by atoms with E-state index in [1.165, 1.54) is 11.3 Å². The van der Waals surface area contributed by atoms with Gasteiger partial charge in [-0.25, -0.2) is 4.98 Å². The average molecular weight is 278 g/mol. The summed E-state index contributed by atoms with van der Waals surface area (Å²) in [4.78, 5) is 4.17. The summed E-state index contributed by atoms with van der Waals surface area (Å²) in [6.07, 6.45) is 4.52. The van der Waals surface area contributed by atoms with Gasteiger partial charge in [0.15, 0.2) is 0 Å². The minimum atomic E-state index is -0.738. The number of rotatable bonds is 2. The van der Waals surface area contributed by atoms with Crippen molar-refractivity contribution in [2.45, 2.75) is 52.6 Å². The molecule has 1 saturated carbocycles. The summed E-state index contributed by atoms with van der Waals surface area (Å²) in [5.74, 6) is 0.637. The molecule has 3 nitrogen and oxygen atoms in total. The first-order valence-electron chi connectivity index (χ1n) is 6.88. The Hall–Kier alpha value is -0.920. The van der Waals surface area contributed by atoms with Gasteiger partial charge in [0.25, 0.3) is 0 Å². The van der Waals surface area contributed by atoms with Gasteiger partial charge in [-0.1, -0.05) is 20.8 Å². The smallest absolute Gasteiger partial charge is 0.124 e. The lowest BCUT2D eigenvalue weighted by Gasteiger charge is -2.42. The van der Waals surface area contributed by atoms with Crippen molar-refractivity contribution in [3.63, 3.8) is 0 Å². The van der Waals surface area contributed by atoms with E-state index in [-0.39, 0.29) is 5.41 Å². The highest BCUT2D eigenvalue weighted by Gasteiger charge is 2.45. The molecule has 1 atom stereocenters. The number of hydrogen-bond donors (Lipinski definition) is 1. The third kappa shape index (κ3) is 2.82. The summed E-state index contributed by atoms with van der Waals surface area (Å²) in [6.45, 7) is 6.77. The molecule has 1 unspecified atom stereocenters.